The second-order valence-electron chi connectivity index (χ2n) is 6.65. The lowest BCUT2D eigenvalue weighted by molar-refractivity contribution is -0.155. The molecule has 20 heavy (non-hydrogen) atoms. The van der Waals surface area contributed by atoms with Crippen LogP contribution in [0, 0.1) is 0 Å². The van der Waals surface area contributed by atoms with Crippen LogP contribution in [0.2, 0.25) is 0 Å². The van der Waals surface area contributed by atoms with E-state index in [1.807, 2.05) is 13.8 Å². The molecule has 0 radical (unpaired) electrons. The van der Waals surface area contributed by atoms with Crippen LogP contribution < -0.4 is 5.32 Å². The second kappa shape index (κ2) is 6.87. The summed E-state index contributed by atoms with van der Waals surface area (Å²) in [7, 11) is 0. The predicted molar refractivity (Wildman–Crippen MR) is 79.7 cm³/mol. The van der Waals surface area contributed by atoms with E-state index in [4.69, 9.17) is 4.74 Å². The molecule has 2 aliphatic rings. The Balaban J connectivity index is 1.74. The van der Waals surface area contributed by atoms with Gasteiger partial charge in [-0.1, -0.05) is 0 Å². The minimum atomic E-state index is -0.386. The van der Waals surface area contributed by atoms with Crippen LogP contribution in [0.3, 0.4) is 0 Å². The molecule has 0 aromatic heterocycles. The Morgan fingerprint density at radius 1 is 1.20 bits per heavy atom. The molecule has 0 saturated carbocycles. The molecule has 2 rings (SSSR count). The first-order valence-electron chi connectivity index (χ1n) is 7.83. The van der Waals surface area contributed by atoms with Crippen LogP contribution >= 0.6 is 0 Å². The van der Waals surface area contributed by atoms with Crippen molar-refractivity contribution in [2.45, 2.75) is 45.3 Å². The van der Waals surface area contributed by atoms with Crippen LogP contribution in [0.5, 0.6) is 0 Å². The predicted octanol–water partition coefficient (Wildman–Crippen LogP) is 0.698. The number of ether oxygens (including phenoxy) is 1. The highest BCUT2D eigenvalue weighted by molar-refractivity contribution is 5.66. The Morgan fingerprint density at radius 2 is 1.80 bits per heavy atom. The third-order valence-corrected chi connectivity index (χ3v) is 4.26. The normalized spacial score (nSPS) is 23.8. The van der Waals surface area contributed by atoms with Crippen LogP contribution in [-0.2, 0) is 9.53 Å². The van der Waals surface area contributed by atoms with Gasteiger partial charge in [0.15, 0.2) is 0 Å². The SMILES string of the molecule is CC(=O)OC(C)(C)CN1CCN(C2CCNCC2)CC1. The topological polar surface area (TPSA) is 44.8 Å². The lowest BCUT2D eigenvalue weighted by Gasteiger charge is -2.42. The summed E-state index contributed by atoms with van der Waals surface area (Å²) in [5.74, 6) is -0.191. The standard InChI is InChI=1S/C15H29N3O2/c1-13(19)20-15(2,3)12-17-8-10-18(11-9-17)14-4-6-16-7-5-14/h14,16H,4-12H2,1-3H3. The van der Waals surface area contributed by atoms with Gasteiger partial charge in [-0.25, -0.2) is 0 Å². The maximum atomic E-state index is 11.1. The molecule has 116 valence electrons. The van der Waals surface area contributed by atoms with E-state index in [9.17, 15) is 4.79 Å². The molecular weight excluding hydrogens is 254 g/mol. The molecule has 0 amide bonds. The zero-order chi connectivity index (χ0) is 14.6. The first-order chi connectivity index (χ1) is 9.46. The van der Waals surface area contributed by atoms with Crippen molar-refractivity contribution in [3.8, 4) is 0 Å². The summed E-state index contributed by atoms with van der Waals surface area (Å²) in [5.41, 5.74) is -0.386. The fourth-order valence-corrected chi connectivity index (χ4v) is 3.42. The van der Waals surface area contributed by atoms with Gasteiger partial charge in [-0.05, 0) is 39.8 Å². The van der Waals surface area contributed by atoms with Crippen molar-refractivity contribution in [3.05, 3.63) is 0 Å². The highest BCUT2D eigenvalue weighted by Crippen LogP contribution is 2.17. The van der Waals surface area contributed by atoms with Gasteiger partial charge in [-0.3, -0.25) is 14.6 Å². The Hall–Kier alpha value is -0.650. The van der Waals surface area contributed by atoms with Crippen LogP contribution in [0.4, 0.5) is 0 Å². The van der Waals surface area contributed by atoms with Gasteiger partial charge in [0.05, 0.1) is 0 Å². The minimum absolute atomic E-state index is 0.191. The first-order valence-corrected chi connectivity index (χ1v) is 7.83. The van der Waals surface area contributed by atoms with Gasteiger partial charge in [0, 0.05) is 45.7 Å². The van der Waals surface area contributed by atoms with Gasteiger partial charge in [0.25, 0.3) is 0 Å². The molecular formula is C15H29N3O2. The average Bonchev–Trinajstić information content (AvgIpc) is 2.38. The summed E-state index contributed by atoms with van der Waals surface area (Å²) in [6.45, 7) is 13.0. The number of nitrogens with one attached hydrogen (secondary N) is 1. The maximum Gasteiger partial charge on any atom is 0.303 e. The van der Waals surface area contributed by atoms with Gasteiger partial charge >= 0.3 is 5.97 Å². The number of piperazine rings is 1. The lowest BCUT2D eigenvalue weighted by Crippen LogP contribution is -2.55. The quantitative estimate of drug-likeness (QED) is 0.770. The van der Waals surface area contributed by atoms with Crippen molar-refractivity contribution < 1.29 is 9.53 Å². The molecule has 5 nitrogen and oxygen atoms in total. The van der Waals surface area contributed by atoms with Crippen molar-refractivity contribution in [1.82, 2.24) is 15.1 Å². The summed E-state index contributed by atoms with van der Waals surface area (Å²) < 4.78 is 5.38. The highest BCUT2D eigenvalue weighted by atomic mass is 16.6. The molecule has 2 aliphatic heterocycles. The van der Waals surface area contributed by atoms with Gasteiger partial charge in [-0.2, -0.15) is 0 Å². The van der Waals surface area contributed by atoms with Crippen LogP contribution in [-0.4, -0.2) is 73.2 Å². The fraction of sp³-hybridized carbons (Fsp3) is 0.933. The maximum absolute atomic E-state index is 11.1. The summed E-state index contributed by atoms with van der Waals surface area (Å²) in [4.78, 5) is 16.2. The van der Waals surface area contributed by atoms with Gasteiger partial charge < -0.3 is 10.1 Å². The number of esters is 1. The van der Waals surface area contributed by atoms with Crippen molar-refractivity contribution in [2.75, 3.05) is 45.8 Å². The van der Waals surface area contributed by atoms with Gasteiger partial charge in [0.2, 0.25) is 0 Å². The molecule has 1 N–H and O–H groups in total. The zero-order valence-electron chi connectivity index (χ0n) is 13.2. The van der Waals surface area contributed by atoms with Crippen molar-refractivity contribution >= 4 is 5.97 Å². The number of hydrogen-bond donors (Lipinski definition) is 1. The van der Waals surface area contributed by atoms with Crippen molar-refractivity contribution in [2.24, 2.45) is 0 Å². The Labute approximate surface area is 122 Å². The second-order valence-corrected chi connectivity index (χ2v) is 6.65. The number of rotatable bonds is 4. The summed E-state index contributed by atoms with van der Waals surface area (Å²) >= 11 is 0. The smallest absolute Gasteiger partial charge is 0.303 e. The zero-order valence-corrected chi connectivity index (χ0v) is 13.2. The lowest BCUT2D eigenvalue weighted by atomic mass is 10.0. The summed E-state index contributed by atoms with van der Waals surface area (Å²) in [6, 6.07) is 0.764. The van der Waals surface area contributed by atoms with Crippen molar-refractivity contribution in [1.29, 1.82) is 0 Å². The molecule has 0 spiro atoms. The Kier molecular flexibility index (Phi) is 5.41. The third-order valence-electron chi connectivity index (χ3n) is 4.26. The fourth-order valence-electron chi connectivity index (χ4n) is 3.42. The molecule has 5 heteroatoms. The number of hydrogen-bond acceptors (Lipinski definition) is 5. The Bertz CT molecular complexity index is 319. The number of carbonyl (C=O) groups is 1. The largest absolute Gasteiger partial charge is 0.458 e. The minimum Gasteiger partial charge on any atom is -0.458 e. The van der Waals surface area contributed by atoms with E-state index in [0.29, 0.717) is 0 Å². The molecule has 2 fully saturated rings. The van der Waals surface area contributed by atoms with E-state index >= 15 is 0 Å². The molecule has 2 heterocycles. The van der Waals surface area contributed by atoms with E-state index in [1.54, 1.807) is 0 Å². The van der Waals surface area contributed by atoms with E-state index in [0.717, 1.165) is 51.9 Å². The third kappa shape index (κ3) is 4.72. The van der Waals surface area contributed by atoms with Crippen LogP contribution in [0.25, 0.3) is 0 Å². The summed E-state index contributed by atoms with van der Waals surface area (Å²) in [6.07, 6.45) is 2.55. The molecule has 0 aromatic carbocycles. The van der Waals surface area contributed by atoms with E-state index in [2.05, 4.69) is 15.1 Å². The molecule has 0 bridgehead atoms. The van der Waals surface area contributed by atoms with Crippen LogP contribution in [0.1, 0.15) is 33.6 Å². The van der Waals surface area contributed by atoms with E-state index in [1.165, 1.54) is 19.8 Å². The molecule has 2 saturated heterocycles. The number of carbonyl (C=O) groups excluding carboxylic acids is 1. The number of nitrogens with zero attached hydrogens (tertiary/aromatic N) is 2. The molecule has 0 unspecified atom stereocenters. The monoisotopic (exact) mass is 283 g/mol. The molecule has 0 atom stereocenters. The van der Waals surface area contributed by atoms with Gasteiger partial charge in [-0.15, -0.1) is 0 Å². The first kappa shape index (κ1) is 15.7. The highest BCUT2D eigenvalue weighted by Gasteiger charge is 2.29. The number of piperidine rings is 1. The molecule has 0 aromatic rings. The van der Waals surface area contributed by atoms with E-state index in [-0.39, 0.29) is 11.6 Å². The van der Waals surface area contributed by atoms with Gasteiger partial charge in [0.1, 0.15) is 5.60 Å². The average molecular weight is 283 g/mol. The Morgan fingerprint density at radius 3 is 2.35 bits per heavy atom. The molecule has 0 aliphatic carbocycles. The van der Waals surface area contributed by atoms with E-state index < -0.39 is 0 Å². The summed E-state index contributed by atoms with van der Waals surface area (Å²) in [5, 5.41) is 3.43. The van der Waals surface area contributed by atoms with Crippen molar-refractivity contribution in [3.63, 3.8) is 0 Å². The van der Waals surface area contributed by atoms with Crippen LogP contribution in [0.15, 0.2) is 0 Å².